The van der Waals surface area contributed by atoms with Crippen molar-refractivity contribution in [1.29, 1.82) is 0 Å². The van der Waals surface area contributed by atoms with Crippen LogP contribution < -0.4 is 0 Å². The van der Waals surface area contributed by atoms with Gasteiger partial charge in [0, 0.05) is 11.6 Å². The molecule has 0 saturated carbocycles. The lowest BCUT2D eigenvalue weighted by atomic mass is 9.90. The zero-order valence-electron chi connectivity index (χ0n) is 11.4. The van der Waals surface area contributed by atoms with Gasteiger partial charge in [0.05, 0.1) is 6.54 Å². The Balaban J connectivity index is 2.50. The quantitative estimate of drug-likeness (QED) is 0.515. The average Bonchev–Trinajstić information content (AvgIpc) is 2.28. The van der Waals surface area contributed by atoms with Crippen molar-refractivity contribution in [3.05, 3.63) is 47.5 Å². The minimum absolute atomic E-state index is 0.145. The summed E-state index contributed by atoms with van der Waals surface area (Å²) in [5, 5.41) is 0. The topological polar surface area (TPSA) is 12.4 Å². The zero-order valence-corrected chi connectivity index (χ0v) is 11.4. The molecule has 0 aromatic heterocycles. The summed E-state index contributed by atoms with van der Waals surface area (Å²) in [6, 6.07) is 10.4. The van der Waals surface area contributed by atoms with E-state index < -0.39 is 0 Å². The predicted octanol–water partition coefficient (Wildman–Crippen LogP) is 4.64. The van der Waals surface area contributed by atoms with Crippen molar-refractivity contribution in [1.82, 2.24) is 0 Å². The molecule has 0 bridgehead atoms. The second kappa shape index (κ2) is 6.39. The average molecular weight is 229 g/mol. The molecule has 0 fully saturated rings. The van der Waals surface area contributed by atoms with Gasteiger partial charge in [-0.05, 0) is 25.8 Å². The number of hydrogen-bond acceptors (Lipinski definition) is 1. The molecule has 0 amide bonds. The highest BCUT2D eigenvalue weighted by Crippen LogP contribution is 2.19. The Kier molecular flexibility index (Phi) is 5.14. The summed E-state index contributed by atoms with van der Waals surface area (Å²) in [4.78, 5) is 4.54. The van der Waals surface area contributed by atoms with E-state index in [-0.39, 0.29) is 5.41 Å². The predicted molar refractivity (Wildman–Crippen MR) is 76.5 cm³/mol. The summed E-state index contributed by atoms with van der Waals surface area (Å²) in [6.07, 6.45) is 5.40. The molecule has 0 saturated heterocycles. The number of benzene rings is 1. The van der Waals surface area contributed by atoms with Crippen LogP contribution >= 0.6 is 0 Å². The standard InChI is InChI=1S/C16H23N/c1-14(2)10-11-16(3,4)13-17-12-15-8-6-5-7-9-15/h5-10,13H,11-12H2,1-4H3. The van der Waals surface area contributed by atoms with E-state index in [1.54, 1.807) is 0 Å². The molecule has 0 aliphatic rings. The van der Waals surface area contributed by atoms with Crippen LogP contribution in [-0.4, -0.2) is 6.21 Å². The van der Waals surface area contributed by atoms with Gasteiger partial charge in [-0.2, -0.15) is 0 Å². The molecule has 92 valence electrons. The third kappa shape index (κ3) is 6.06. The van der Waals surface area contributed by atoms with E-state index >= 15 is 0 Å². The van der Waals surface area contributed by atoms with Gasteiger partial charge in [0.15, 0.2) is 0 Å². The van der Waals surface area contributed by atoms with Crippen LogP contribution in [0.15, 0.2) is 47.0 Å². The lowest BCUT2D eigenvalue weighted by Gasteiger charge is -2.16. The van der Waals surface area contributed by atoms with E-state index in [2.05, 4.69) is 69.2 Å². The molecule has 0 spiro atoms. The summed E-state index contributed by atoms with van der Waals surface area (Å²) in [5.74, 6) is 0. The third-order valence-corrected chi connectivity index (χ3v) is 2.59. The molecular formula is C16H23N. The molecule has 17 heavy (non-hydrogen) atoms. The molecule has 0 heterocycles. The second-order valence-electron chi connectivity index (χ2n) is 5.43. The summed E-state index contributed by atoms with van der Waals surface area (Å²) in [7, 11) is 0. The van der Waals surface area contributed by atoms with Crippen LogP contribution in [0.3, 0.4) is 0 Å². The van der Waals surface area contributed by atoms with Gasteiger partial charge in [-0.15, -0.1) is 0 Å². The summed E-state index contributed by atoms with van der Waals surface area (Å²) in [6.45, 7) is 9.50. The summed E-state index contributed by atoms with van der Waals surface area (Å²) >= 11 is 0. The first kappa shape index (κ1) is 13.7. The normalized spacial score (nSPS) is 11.8. The van der Waals surface area contributed by atoms with Crippen LogP contribution in [0.25, 0.3) is 0 Å². The lowest BCUT2D eigenvalue weighted by molar-refractivity contribution is 0.542. The summed E-state index contributed by atoms with van der Waals surface area (Å²) in [5.41, 5.74) is 2.78. The first-order valence-corrected chi connectivity index (χ1v) is 6.18. The highest BCUT2D eigenvalue weighted by Gasteiger charge is 2.12. The smallest absolute Gasteiger partial charge is 0.0636 e. The number of hydrogen-bond donors (Lipinski definition) is 0. The first-order chi connectivity index (χ1) is 7.99. The van der Waals surface area contributed by atoms with E-state index in [4.69, 9.17) is 0 Å². The summed E-state index contributed by atoms with van der Waals surface area (Å²) < 4.78 is 0. The maximum atomic E-state index is 4.54. The Morgan fingerprint density at radius 2 is 1.82 bits per heavy atom. The van der Waals surface area contributed by atoms with Gasteiger partial charge in [0.2, 0.25) is 0 Å². The van der Waals surface area contributed by atoms with Crippen molar-refractivity contribution in [2.75, 3.05) is 0 Å². The van der Waals surface area contributed by atoms with E-state index in [1.165, 1.54) is 11.1 Å². The Morgan fingerprint density at radius 3 is 2.41 bits per heavy atom. The molecule has 0 radical (unpaired) electrons. The van der Waals surface area contributed by atoms with Crippen molar-refractivity contribution in [3.63, 3.8) is 0 Å². The van der Waals surface area contributed by atoms with Crippen LogP contribution in [-0.2, 0) is 6.54 Å². The van der Waals surface area contributed by atoms with Crippen LogP contribution in [0.2, 0.25) is 0 Å². The molecule has 0 atom stereocenters. The van der Waals surface area contributed by atoms with E-state index in [1.807, 2.05) is 6.07 Å². The third-order valence-electron chi connectivity index (χ3n) is 2.59. The Labute approximate surface area is 105 Å². The SMILES string of the molecule is CC(C)=CCC(C)(C)C=NCc1ccccc1. The van der Waals surface area contributed by atoms with Crippen molar-refractivity contribution in [3.8, 4) is 0 Å². The van der Waals surface area contributed by atoms with Gasteiger partial charge in [0.25, 0.3) is 0 Å². The Bertz CT molecular complexity index is 381. The van der Waals surface area contributed by atoms with E-state index in [0.717, 1.165) is 13.0 Å². The monoisotopic (exact) mass is 229 g/mol. The number of nitrogens with zero attached hydrogens (tertiary/aromatic N) is 1. The minimum atomic E-state index is 0.145. The number of rotatable bonds is 5. The van der Waals surface area contributed by atoms with Crippen molar-refractivity contribution in [2.24, 2.45) is 10.4 Å². The van der Waals surface area contributed by atoms with Gasteiger partial charge in [-0.25, -0.2) is 0 Å². The highest BCUT2D eigenvalue weighted by molar-refractivity contribution is 5.65. The van der Waals surface area contributed by atoms with Crippen molar-refractivity contribution < 1.29 is 0 Å². The van der Waals surface area contributed by atoms with Crippen molar-refractivity contribution in [2.45, 2.75) is 40.7 Å². The number of aliphatic imine (C=N–C) groups is 1. The highest BCUT2D eigenvalue weighted by atomic mass is 14.7. The Hall–Kier alpha value is -1.37. The van der Waals surface area contributed by atoms with Gasteiger partial charge in [-0.3, -0.25) is 4.99 Å². The molecule has 1 heteroatoms. The fourth-order valence-electron chi connectivity index (χ4n) is 1.50. The van der Waals surface area contributed by atoms with E-state index in [9.17, 15) is 0 Å². The molecule has 1 aromatic carbocycles. The van der Waals surface area contributed by atoms with E-state index in [0.29, 0.717) is 0 Å². The molecule has 1 nitrogen and oxygen atoms in total. The van der Waals surface area contributed by atoms with Gasteiger partial charge in [-0.1, -0.05) is 55.8 Å². The molecule has 0 unspecified atom stereocenters. The lowest BCUT2D eigenvalue weighted by Crippen LogP contribution is -2.12. The molecule has 1 aromatic rings. The van der Waals surface area contributed by atoms with Crippen LogP contribution in [0.1, 0.15) is 39.7 Å². The Morgan fingerprint density at radius 1 is 1.18 bits per heavy atom. The van der Waals surface area contributed by atoms with Crippen LogP contribution in [0, 0.1) is 5.41 Å². The van der Waals surface area contributed by atoms with Gasteiger partial charge >= 0.3 is 0 Å². The van der Waals surface area contributed by atoms with Crippen LogP contribution in [0.5, 0.6) is 0 Å². The molecule has 0 N–H and O–H groups in total. The fourth-order valence-corrected chi connectivity index (χ4v) is 1.50. The molecule has 0 aliphatic carbocycles. The van der Waals surface area contributed by atoms with Gasteiger partial charge in [0.1, 0.15) is 0 Å². The maximum absolute atomic E-state index is 4.54. The molecular weight excluding hydrogens is 206 g/mol. The van der Waals surface area contributed by atoms with Crippen LogP contribution in [0.4, 0.5) is 0 Å². The fraction of sp³-hybridized carbons (Fsp3) is 0.438. The number of allylic oxidation sites excluding steroid dienone is 2. The van der Waals surface area contributed by atoms with Gasteiger partial charge < -0.3 is 0 Å². The zero-order chi connectivity index (χ0) is 12.7. The first-order valence-electron chi connectivity index (χ1n) is 6.18. The maximum Gasteiger partial charge on any atom is 0.0636 e. The largest absolute Gasteiger partial charge is 0.292 e. The molecule has 0 aliphatic heterocycles. The molecule has 1 rings (SSSR count). The van der Waals surface area contributed by atoms with Crippen molar-refractivity contribution >= 4 is 6.21 Å². The minimum Gasteiger partial charge on any atom is -0.292 e. The second-order valence-corrected chi connectivity index (χ2v) is 5.43.